The number of nitrogens with zero attached hydrogens (tertiary/aromatic N) is 1. The molecular weight excluding hydrogens is 269 g/mol. The molecule has 0 aliphatic rings. The number of carbonyl (C=O) groups excluding carboxylic acids is 1. The molecule has 0 saturated carbocycles. The van der Waals surface area contributed by atoms with E-state index in [0.717, 1.165) is 0 Å². The lowest BCUT2D eigenvalue weighted by Crippen LogP contribution is -2.23. The minimum Gasteiger partial charge on any atom is -0.348 e. The van der Waals surface area contributed by atoms with Gasteiger partial charge in [0, 0.05) is 18.9 Å². The van der Waals surface area contributed by atoms with Gasteiger partial charge in [0.1, 0.15) is 5.82 Å². The zero-order valence-electron chi connectivity index (χ0n) is 11.3. The van der Waals surface area contributed by atoms with Gasteiger partial charge in [-0.05, 0) is 23.8 Å². The van der Waals surface area contributed by atoms with Crippen LogP contribution >= 0.6 is 0 Å². The third kappa shape index (κ3) is 4.13. The lowest BCUT2D eigenvalue weighted by Gasteiger charge is -2.07. The van der Waals surface area contributed by atoms with E-state index in [1.54, 1.807) is 18.2 Å². The van der Waals surface area contributed by atoms with Crippen molar-refractivity contribution >= 4 is 5.91 Å². The smallest absolute Gasteiger partial charge is 0.252 e. The number of carbonyl (C=O) groups is 1. The Morgan fingerprint density at radius 3 is 3.00 bits per heavy atom. The van der Waals surface area contributed by atoms with Gasteiger partial charge in [-0.15, -0.1) is 0 Å². The van der Waals surface area contributed by atoms with Crippen LogP contribution in [0.1, 0.15) is 21.5 Å². The van der Waals surface area contributed by atoms with E-state index in [0.29, 0.717) is 16.7 Å². The van der Waals surface area contributed by atoms with Gasteiger partial charge in [0.05, 0.1) is 17.7 Å². The van der Waals surface area contributed by atoms with Crippen LogP contribution in [0.15, 0.2) is 42.7 Å². The first-order valence-corrected chi connectivity index (χ1v) is 6.36. The molecule has 1 heterocycles. The lowest BCUT2D eigenvalue weighted by molar-refractivity contribution is 0.0950. The van der Waals surface area contributed by atoms with E-state index in [2.05, 4.69) is 22.1 Å². The van der Waals surface area contributed by atoms with Gasteiger partial charge in [-0.1, -0.05) is 24.0 Å². The Morgan fingerprint density at radius 1 is 1.38 bits per heavy atom. The highest BCUT2D eigenvalue weighted by atomic mass is 19.1. The number of amides is 1. The first-order chi connectivity index (χ1) is 10.2. The van der Waals surface area contributed by atoms with Gasteiger partial charge >= 0.3 is 0 Å². The molecule has 2 aromatic rings. The van der Waals surface area contributed by atoms with E-state index in [-0.39, 0.29) is 24.8 Å². The summed E-state index contributed by atoms with van der Waals surface area (Å²) in [5.74, 6) is 4.87. The average Bonchev–Trinajstić information content (AvgIpc) is 2.51. The second-order valence-electron chi connectivity index (χ2n) is 4.24. The predicted molar refractivity (Wildman–Crippen MR) is 77.7 cm³/mol. The number of nitrogens with two attached hydrogens (primary N) is 1. The van der Waals surface area contributed by atoms with Crippen LogP contribution in [0, 0.1) is 17.7 Å². The molecule has 0 radical (unpaired) electrons. The number of halogens is 1. The Kier molecular flexibility index (Phi) is 5.02. The second-order valence-corrected chi connectivity index (χ2v) is 4.24. The summed E-state index contributed by atoms with van der Waals surface area (Å²) in [4.78, 5) is 16.1. The highest BCUT2D eigenvalue weighted by Crippen LogP contribution is 2.07. The highest BCUT2D eigenvalue weighted by Gasteiger charge is 2.09. The monoisotopic (exact) mass is 283 g/mol. The number of benzene rings is 1. The van der Waals surface area contributed by atoms with Gasteiger partial charge in [0.2, 0.25) is 0 Å². The molecule has 0 fully saturated rings. The molecule has 21 heavy (non-hydrogen) atoms. The fraction of sp³-hybridized carbons (Fsp3) is 0.125. The summed E-state index contributed by atoms with van der Waals surface area (Å²) in [6, 6.07) is 7.66. The minimum absolute atomic E-state index is 0.208. The quantitative estimate of drug-likeness (QED) is 0.838. The van der Waals surface area contributed by atoms with Crippen molar-refractivity contribution in [2.75, 3.05) is 6.54 Å². The molecular formula is C16H14FN3O. The largest absolute Gasteiger partial charge is 0.348 e. The van der Waals surface area contributed by atoms with E-state index in [4.69, 9.17) is 5.73 Å². The first-order valence-electron chi connectivity index (χ1n) is 6.36. The fourth-order valence-corrected chi connectivity index (χ4v) is 1.76. The number of nitrogens with one attached hydrogen (secondary N) is 1. The maximum atomic E-state index is 13.1. The number of pyridine rings is 1. The Balaban J connectivity index is 2.10. The normalized spacial score (nSPS) is 9.62. The van der Waals surface area contributed by atoms with Crippen LogP contribution in [0.3, 0.4) is 0 Å². The molecule has 5 heteroatoms. The minimum atomic E-state index is -0.333. The predicted octanol–water partition coefficient (Wildman–Crippen LogP) is 1.46. The summed E-state index contributed by atoms with van der Waals surface area (Å²) in [5.41, 5.74) is 6.94. The zero-order valence-corrected chi connectivity index (χ0v) is 11.3. The van der Waals surface area contributed by atoms with Crippen LogP contribution in [0.25, 0.3) is 0 Å². The topological polar surface area (TPSA) is 68.0 Å². The molecule has 1 amide bonds. The maximum Gasteiger partial charge on any atom is 0.252 e. The van der Waals surface area contributed by atoms with E-state index in [1.165, 1.54) is 24.5 Å². The van der Waals surface area contributed by atoms with Crippen LogP contribution in [0.5, 0.6) is 0 Å². The number of rotatable bonds is 3. The zero-order chi connectivity index (χ0) is 15.1. The highest BCUT2D eigenvalue weighted by molar-refractivity contribution is 5.96. The van der Waals surface area contributed by atoms with E-state index >= 15 is 0 Å². The summed E-state index contributed by atoms with van der Waals surface area (Å²) in [6.07, 6.45) is 3.03. The van der Waals surface area contributed by atoms with Crippen LogP contribution in [0.4, 0.5) is 4.39 Å². The molecule has 0 unspecified atom stereocenters. The Labute approximate surface area is 122 Å². The fourth-order valence-electron chi connectivity index (χ4n) is 1.76. The van der Waals surface area contributed by atoms with Gasteiger partial charge < -0.3 is 11.1 Å². The summed E-state index contributed by atoms with van der Waals surface area (Å²) < 4.78 is 13.1. The van der Waals surface area contributed by atoms with Crippen molar-refractivity contribution in [3.63, 3.8) is 0 Å². The Bertz CT molecular complexity index is 704. The van der Waals surface area contributed by atoms with Crippen LogP contribution in [0.2, 0.25) is 0 Å². The first kappa shape index (κ1) is 14.7. The van der Waals surface area contributed by atoms with Crippen molar-refractivity contribution in [2.45, 2.75) is 6.54 Å². The van der Waals surface area contributed by atoms with Crippen LogP contribution in [-0.2, 0) is 6.54 Å². The molecule has 4 nitrogen and oxygen atoms in total. The third-order valence-electron chi connectivity index (χ3n) is 2.73. The van der Waals surface area contributed by atoms with Crippen molar-refractivity contribution in [1.82, 2.24) is 10.3 Å². The third-order valence-corrected chi connectivity index (χ3v) is 2.73. The molecule has 0 aliphatic heterocycles. The number of hydrogen-bond acceptors (Lipinski definition) is 3. The van der Waals surface area contributed by atoms with Gasteiger partial charge in [-0.3, -0.25) is 9.78 Å². The number of hydrogen-bond donors (Lipinski definition) is 2. The molecule has 0 bridgehead atoms. The van der Waals surface area contributed by atoms with E-state index in [9.17, 15) is 9.18 Å². The van der Waals surface area contributed by atoms with Crippen LogP contribution < -0.4 is 11.1 Å². The van der Waals surface area contributed by atoms with Gasteiger partial charge in [-0.2, -0.15) is 0 Å². The molecule has 106 valence electrons. The summed E-state index contributed by atoms with van der Waals surface area (Å²) in [7, 11) is 0. The molecule has 1 aromatic heterocycles. The van der Waals surface area contributed by atoms with E-state index in [1.807, 2.05) is 0 Å². The van der Waals surface area contributed by atoms with Gasteiger partial charge in [0.15, 0.2) is 0 Å². The van der Waals surface area contributed by atoms with Crippen molar-refractivity contribution in [3.8, 4) is 11.8 Å². The molecule has 0 atom stereocenters. The van der Waals surface area contributed by atoms with E-state index < -0.39 is 0 Å². The average molecular weight is 283 g/mol. The summed E-state index contributed by atoms with van der Waals surface area (Å²) in [6.45, 7) is 0.446. The lowest BCUT2D eigenvalue weighted by atomic mass is 10.1. The van der Waals surface area contributed by atoms with Crippen molar-refractivity contribution < 1.29 is 9.18 Å². The summed E-state index contributed by atoms with van der Waals surface area (Å²) in [5, 5.41) is 2.73. The molecule has 1 aromatic carbocycles. The van der Waals surface area contributed by atoms with Gasteiger partial charge in [0.25, 0.3) is 5.91 Å². The van der Waals surface area contributed by atoms with Crippen molar-refractivity contribution in [1.29, 1.82) is 0 Å². The van der Waals surface area contributed by atoms with Crippen LogP contribution in [-0.4, -0.2) is 17.4 Å². The Hall–Kier alpha value is -2.71. The van der Waals surface area contributed by atoms with Crippen molar-refractivity contribution in [2.24, 2.45) is 5.73 Å². The molecule has 0 spiro atoms. The van der Waals surface area contributed by atoms with Crippen molar-refractivity contribution in [3.05, 3.63) is 65.2 Å². The second kappa shape index (κ2) is 7.17. The maximum absolute atomic E-state index is 13.1. The molecule has 0 saturated heterocycles. The molecule has 3 N–H and O–H groups in total. The molecule has 2 rings (SSSR count). The number of aromatic nitrogens is 1. The van der Waals surface area contributed by atoms with Gasteiger partial charge in [-0.25, -0.2) is 4.39 Å². The summed E-state index contributed by atoms with van der Waals surface area (Å²) >= 11 is 0. The SMILES string of the molecule is NCC#Cc1cnccc1C(=O)NCc1cccc(F)c1. The molecule has 0 aliphatic carbocycles. The Morgan fingerprint density at radius 2 is 2.24 bits per heavy atom. The standard InChI is InChI=1S/C16H14FN3O/c17-14-5-1-3-12(9-14)10-20-16(21)15-6-8-19-11-13(15)4-2-7-18/h1,3,5-6,8-9,11H,7,10,18H2,(H,20,21).